The molecule has 1 unspecified atom stereocenters. The minimum absolute atomic E-state index is 0.366. The molecule has 0 N–H and O–H groups in total. The Hall–Kier alpha value is -0.240. The highest BCUT2D eigenvalue weighted by Crippen LogP contribution is 2.34. The quantitative estimate of drug-likeness (QED) is 0.545. The zero-order chi connectivity index (χ0) is 16.4. The molecule has 0 aromatic rings. The summed E-state index contributed by atoms with van der Waals surface area (Å²) in [6.07, 6.45) is 12.9. The van der Waals surface area contributed by atoms with E-state index in [2.05, 4.69) is 0 Å². The van der Waals surface area contributed by atoms with Crippen LogP contribution in [0.3, 0.4) is 0 Å². The van der Waals surface area contributed by atoms with Gasteiger partial charge in [0.2, 0.25) is 11.6 Å². The van der Waals surface area contributed by atoms with E-state index in [0.717, 1.165) is 25.7 Å². The Morgan fingerprint density at radius 2 is 1.26 bits per heavy atom. The smallest absolute Gasteiger partial charge is 0.234 e. The lowest BCUT2D eigenvalue weighted by Crippen LogP contribution is -2.45. The normalized spacial score (nSPS) is 31.6. The SMILES string of the molecule is COOC1(C)CCOOC2(CCCCCCCCCCC2)OO1. The van der Waals surface area contributed by atoms with Crippen molar-refractivity contribution in [2.45, 2.75) is 95.5 Å². The van der Waals surface area contributed by atoms with Crippen molar-refractivity contribution in [1.29, 1.82) is 0 Å². The lowest BCUT2D eigenvalue weighted by molar-refractivity contribution is -0.594. The van der Waals surface area contributed by atoms with Crippen LogP contribution in [0.15, 0.2) is 0 Å². The zero-order valence-corrected chi connectivity index (χ0v) is 14.6. The molecule has 1 heterocycles. The van der Waals surface area contributed by atoms with Gasteiger partial charge in [-0.1, -0.05) is 44.9 Å². The summed E-state index contributed by atoms with van der Waals surface area (Å²) in [6, 6.07) is 0. The van der Waals surface area contributed by atoms with Crippen molar-refractivity contribution in [2.24, 2.45) is 0 Å². The van der Waals surface area contributed by atoms with Crippen LogP contribution >= 0.6 is 0 Å². The van der Waals surface area contributed by atoms with Crippen LogP contribution in [0.25, 0.3) is 0 Å². The minimum atomic E-state index is -0.991. The van der Waals surface area contributed by atoms with Gasteiger partial charge in [-0.05, 0) is 19.8 Å². The average Bonchev–Trinajstić information content (AvgIpc) is 2.51. The van der Waals surface area contributed by atoms with E-state index in [1.807, 2.05) is 0 Å². The van der Waals surface area contributed by atoms with E-state index in [4.69, 9.17) is 29.3 Å². The lowest BCUT2D eigenvalue weighted by atomic mass is 9.97. The third-order valence-electron chi connectivity index (χ3n) is 4.60. The monoisotopic (exact) mass is 332 g/mol. The molecule has 2 aliphatic rings. The third kappa shape index (κ3) is 6.64. The Bertz CT molecular complexity index is 312. The van der Waals surface area contributed by atoms with Gasteiger partial charge >= 0.3 is 0 Å². The molecule has 6 heteroatoms. The summed E-state index contributed by atoms with van der Waals surface area (Å²) >= 11 is 0. The number of hydrogen-bond acceptors (Lipinski definition) is 6. The maximum atomic E-state index is 5.73. The van der Waals surface area contributed by atoms with E-state index in [-0.39, 0.29) is 0 Å². The average molecular weight is 332 g/mol. The predicted octanol–water partition coefficient (Wildman–Crippen LogP) is 4.58. The largest absolute Gasteiger partial charge is 0.237 e. The first-order valence-electron chi connectivity index (χ1n) is 9.07. The van der Waals surface area contributed by atoms with E-state index >= 15 is 0 Å². The predicted molar refractivity (Wildman–Crippen MR) is 83.8 cm³/mol. The second kappa shape index (κ2) is 9.91. The summed E-state index contributed by atoms with van der Waals surface area (Å²) in [6.45, 7) is 2.14. The zero-order valence-electron chi connectivity index (χ0n) is 14.6. The van der Waals surface area contributed by atoms with Crippen molar-refractivity contribution >= 4 is 0 Å². The Balaban J connectivity index is 1.97. The molecule has 2 rings (SSSR count). The highest BCUT2D eigenvalue weighted by Gasteiger charge is 2.41. The van der Waals surface area contributed by atoms with Crippen LogP contribution in [0.5, 0.6) is 0 Å². The van der Waals surface area contributed by atoms with Crippen molar-refractivity contribution < 1.29 is 29.3 Å². The fraction of sp³-hybridized carbons (Fsp3) is 1.00. The van der Waals surface area contributed by atoms with Crippen molar-refractivity contribution in [3.05, 3.63) is 0 Å². The fourth-order valence-electron chi connectivity index (χ4n) is 3.15. The third-order valence-corrected chi connectivity index (χ3v) is 4.60. The first kappa shape index (κ1) is 19.1. The van der Waals surface area contributed by atoms with Crippen molar-refractivity contribution in [2.75, 3.05) is 13.7 Å². The summed E-state index contributed by atoms with van der Waals surface area (Å²) in [5.74, 6) is -1.84. The summed E-state index contributed by atoms with van der Waals surface area (Å²) in [7, 11) is 1.45. The van der Waals surface area contributed by atoms with Crippen LogP contribution in [-0.4, -0.2) is 25.3 Å². The van der Waals surface area contributed by atoms with Crippen molar-refractivity contribution in [1.82, 2.24) is 0 Å². The van der Waals surface area contributed by atoms with Crippen molar-refractivity contribution in [3.8, 4) is 0 Å². The van der Waals surface area contributed by atoms with E-state index in [1.165, 1.54) is 52.1 Å². The summed E-state index contributed by atoms with van der Waals surface area (Å²) in [4.78, 5) is 32.3. The maximum absolute atomic E-state index is 5.73. The first-order chi connectivity index (χ1) is 11.2. The Morgan fingerprint density at radius 1 is 0.696 bits per heavy atom. The van der Waals surface area contributed by atoms with Gasteiger partial charge in [0.1, 0.15) is 0 Å². The van der Waals surface area contributed by atoms with Gasteiger partial charge in [-0.3, -0.25) is 0 Å². The highest BCUT2D eigenvalue weighted by molar-refractivity contribution is 4.71. The van der Waals surface area contributed by atoms with E-state index in [9.17, 15) is 0 Å². The number of rotatable bonds is 2. The van der Waals surface area contributed by atoms with Crippen LogP contribution in [0.2, 0.25) is 0 Å². The van der Waals surface area contributed by atoms with Gasteiger partial charge in [0, 0.05) is 19.3 Å². The minimum Gasteiger partial charge on any atom is -0.237 e. The molecule has 0 amide bonds. The van der Waals surface area contributed by atoms with Gasteiger partial charge in [-0.25, -0.2) is 9.78 Å². The Kier molecular flexibility index (Phi) is 8.23. The van der Waals surface area contributed by atoms with Gasteiger partial charge in [-0.15, -0.1) is 0 Å². The molecule has 136 valence electrons. The van der Waals surface area contributed by atoms with Gasteiger partial charge in [-0.2, -0.15) is 19.6 Å². The Morgan fingerprint density at radius 3 is 1.83 bits per heavy atom. The van der Waals surface area contributed by atoms with Crippen LogP contribution in [0.1, 0.15) is 84.0 Å². The molecular weight excluding hydrogens is 300 g/mol. The second-order valence-electron chi connectivity index (χ2n) is 6.80. The van der Waals surface area contributed by atoms with Crippen LogP contribution in [0, 0.1) is 0 Å². The van der Waals surface area contributed by atoms with Gasteiger partial charge < -0.3 is 0 Å². The lowest BCUT2D eigenvalue weighted by Gasteiger charge is -2.37. The van der Waals surface area contributed by atoms with E-state index in [1.54, 1.807) is 6.92 Å². The van der Waals surface area contributed by atoms with Gasteiger partial charge in [0.05, 0.1) is 13.7 Å². The van der Waals surface area contributed by atoms with E-state index in [0.29, 0.717) is 13.0 Å². The molecule has 0 aromatic heterocycles. The molecule has 1 spiro atoms. The van der Waals surface area contributed by atoms with Crippen LogP contribution in [-0.2, 0) is 29.3 Å². The molecule has 0 bridgehead atoms. The van der Waals surface area contributed by atoms with Crippen LogP contribution < -0.4 is 0 Å². The maximum Gasteiger partial charge on any atom is 0.234 e. The van der Waals surface area contributed by atoms with Gasteiger partial charge in [0.25, 0.3) is 0 Å². The standard InChI is InChI=1S/C17H32O6/c1-16(20-18-2)14-15-19-22-17(23-21-16)12-10-8-6-4-3-5-7-9-11-13-17/h3-15H2,1-2H3. The summed E-state index contributed by atoms with van der Waals surface area (Å²) in [5.41, 5.74) is 0. The van der Waals surface area contributed by atoms with Gasteiger partial charge in [0.15, 0.2) is 0 Å². The second-order valence-corrected chi connectivity index (χ2v) is 6.80. The summed E-state index contributed by atoms with van der Waals surface area (Å²) < 4.78 is 0. The molecule has 2 fully saturated rings. The molecule has 0 aromatic carbocycles. The molecule has 1 aliphatic carbocycles. The molecule has 6 nitrogen and oxygen atoms in total. The topological polar surface area (TPSA) is 55.4 Å². The molecule has 1 atom stereocenters. The summed E-state index contributed by atoms with van der Waals surface area (Å²) in [5, 5.41) is 0. The molecule has 1 saturated heterocycles. The molecule has 23 heavy (non-hydrogen) atoms. The number of hydrogen-bond donors (Lipinski definition) is 0. The highest BCUT2D eigenvalue weighted by atomic mass is 17.4. The molecule has 1 saturated carbocycles. The van der Waals surface area contributed by atoms with Crippen LogP contribution in [0.4, 0.5) is 0 Å². The van der Waals surface area contributed by atoms with Crippen molar-refractivity contribution in [3.63, 3.8) is 0 Å². The molecular formula is C17H32O6. The Labute approximate surface area is 139 Å². The fourth-order valence-corrected chi connectivity index (χ4v) is 3.15. The molecule has 0 radical (unpaired) electrons. The molecule has 1 aliphatic heterocycles. The first-order valence-corrected chi connectivity index (χ1v) is 9.07. The van der Waals surface area contributed by atoms with E-state index < -0.39 is 11.6 Å².